The number of aromatic nitrogens is 2. The fraction of sp³-hybridized carbons (Fsp3) is 0.273. The number of carbonyl (C=O) groups is 1. The van der Waals surface area contributed by atoms with E-state index in [0.717, 1.165) is 5.70 Å². The molecular formula is C22H21N3O5S. The number of H-pyrrole nitrogens is 2. The smallest absolute Gasteiger partial charge is 0.270 e. The lowest BCUT2D eigenvalue weighted by molar-refractivity contribution is -0.116. The Morgan fingerprint density at radius 2 is 1.84 bits per heavy atom. The Morgan fingerprint density at radius 3 is 2.48 bits per heavy atom. The van der Waals surface area contributed by atoms with Crippen molar-refractivity contribution in [3.05, 3.63) is 67.3 Å². The fourth-order valence-corrected chi connectivity index (χ4v) is 5.39. The Bertz CT molecular complexity index is 1230. The molecule has 0 fully saturated rings. The highest BCUT2D eigenvalue weighted by Crippen LogP contribution is 2.49. The molecule has 1 aliphatic carbocycles. The van der Waals surface area contributed by atoms with Crippen molar-refractivity contribution in [1.29, 1.82) is 0 Å². The van der Waals surface area contributed by atoms with Gasteiger partial charge in [-0.3, -0.25) is 19.8 Å². The number of Topliss-reactive ketones (excluding diaryl/α,β-unsaturated/α-hetero) is 1. The molecule has 1 aromatic carbocycles. The number of fused-ring (bicyclic) bond motifs is 1. The van der Waals surface area contributed by atoms with Gasteiger partial charge in [-0.25, -0.2) is 0 Å². The molecule has 31 heavy (non-hydrogen) atoms. The quantitative estimate of drug-likeness (QED) is 0.495. The van der Waals surface area contributed by atoms with Gasteiger partial charge in [0.05, 0.1) is 19.8 Å². The molecular weight excluding hydrogens is 418 g/mol. The van der Waals surface area contributed by atoms with E-state index >= 15 is 0 Å². The Morgan fingerprint density at radius 1 is 1.10 bits per heavy atom. The molecule has 0 radical (unpaired) electrons. The maximum atomic E-state index is 13.4. The molecule has 8 nitrogen and oxygen atoms in total. The van der Waals surface area contributed by atoms with Gasteiger partial charge < -0.3 is 19.9 Å². The Labute approximate surface area is 181 Å². The molecule has 0 spiro atoms. The van der Waals surface area contributed by atoms with Crippen molar-refractivity contribution in [2.75, 3.05) is 19.5 Å². The van der Waals surface area contributed by atoms with Gasteiger partial charge >= 0.3 is 0 Å². The summed E-state index contributed by atoms with van der Waals surface area (Å²) in [6.45, 7) is 0. The number of rotatable bonds is 4. The first-order valence-corrected chi connectivity index (χ1v) is 10.7. The second-order valence-corrected chi connectivity index (χ2v) is 8.62. The summed E-state index contributed by atoms with van der Waals surface area (Å²) in [7, 11) is 2.88. The van der Waals surface area contributed by atoms with Crippen molar-refractivity contribution in [3.8, 4) is 17.2 Å². The lowest BCUT2D eigenvalue weighted by Crippen LogP contribution is -2.31. The lowest BCUT2D eigenvalue weighted by Gasteiger charge is -2.34. The van der Waals surface area contributed by atoms with Crippen LogP contribution in [0.2, 0.25) is 0 Å². The highest BCUT2D eigenvalue weighted by atomic mass is 32.1. The van der Waals surface area contributed by atoms with E-state index < -0.39 is 5.92 Å². The average Bonchev–Trinajstić information content (AvgIpc) is 3.43. The minimum Gasteiger partial charge on any atom is -0.502 e. The summed E-state index contributed by atoms with van der Waals surface area (Å²) in [5.41, 5.74) is 2.12. The van der Waals surface area contributed by atoms with Crippen LogP contribution in [0.4, 0.5) is 5.82 Å². The van der Waals surface area contributed by atoms with Crippen molar-refractivity contribution in [2.45, 2.75) is 24.7 Å². The summed E-state index contributed by atoms with van der Waals surface area (Å²) in [6, 6.07) is 7.33. The van der Waals surface area contributed by atoms with Crippen LogP contribution in [0.1, 0.15) is 40.7 Å². The van der Waals surface area contributed by atoms with Crippen LogP contribution in [0.5, 0.6) is 17.2 Å². The van der Waals surface area contributed by atoms with Crippen molar-refractivity contribution in [3.63, 3.8) is 0 Å². The number of phenols is 1. The van der Waals surface area contributed by atoms with Crippen LogP contribution in [0.3, 0.4) is 0 Å². The molecule has 0 saturated carbocycles. The van der Waals surface area contributed by atoms with E-state index in [9.17, 15) is 14.7 Å². The third-order valence-corrected chi connectivity index (χ3v) is 6.99. The number of allylic oxidation sites excluding steroid dienone is 2. The van der Waals surface area contributed by atoms with Gasteiger partial charge in [0.1, 0.15) is 5.82 Å². The van der Waals surface area contributed by atoms with E-state index in [2.05, 4.69) is 15.5 Å². The number of hydrogen-bond donors (Lipinski definition) is 4. The molecule has 160 valence electrons. The average molecular weight is 439 g/mol. The second kappa shape index (κ2) is 7.35. The van der Waals surface area contributed by atoms with Crippen LogP contribution in [0.25, 0.3) is 0 Å². The first kappa shape index (κ1) is 19.5. The molecule has 2 aliphatic rings. The zero-order valence-electron chi connectivity index (χ0n) is 16.9. The van der Waals surface area contributed by atoms with E-state index in [4.69, 9.17) is 9.47 Å². The molecule has 9 heteroatoms. The van der Waals surface area contributed by atoms with Crippen LogP contribution in [-0.4, -0.2) is 35.3 Å². The van der Waals surface area contributed by atoms with Gasteiger partial charge in [-0.2, -0.15) is 0 Å². The highest BCUT2D eigenvalue weighted by molar-refractivity contribution is 7.10. The van der Waals surface area contributed by atoms with Gasteiger partial charge in [-0.05, 0) is 35.6 Å². The van der Waals surface area contributed by atoms with E-state index in [1.165, 1.54) is 19.1 Å². The maximum Gasteiger partial charge on any atom is 0.270 e. The van der Waals surface area contributed by atoms with Gasteiger partial charge in [0.25, 0.3) is 5.56 Å². The molecule has 0 saturated heterocycles. The summed E-state index contributed by atoms with van der Waals surface area (Å²) in [6.07, 6.45) is 1.04. The molecule has 2 aromatic heterocycles. The van der Waals surface area contributed by atoms with E-state index in [1.54, 1.807) is 23.5 Å². The number of anilines is 1. The van der Waals surface area contributed by atoms with Gasteiger partial charge in [-0.1, -0.05) is 6.07 Å². The number of benzene rings is 1. The number of aromatic amines is 2. The number of phenolic OH excluding ortho intramolecular Hbond substituents is 1. The third kappa shape index (κ3) is 3.04. The van der Waals surface area contributed by atoms with Crippen molar-refractivity contribution in [1.82, 2.24) is 10.2 Å². The SMILES string of the molecule is COc1cc(C2C3=C(CC(c4cccs4)CC3=O)Nc3[nH][nH]c(=O)c32)cc(OC)c1O. The lowest BCUT2D eigenvalue weighted by atomic mass is 9.74. The number of aromatic hydroxyl groups is 1. The topological polar surface area (TPSA) is 116 Å². The van der Waals surface area contributed by atoms with E-state index in [-0.39, 0.29) is 34.5 Å². The fourth-order valence-electron chi connectivity index (χ4n) is 4.56. The summed E-state index contributed by atoms with van der Waals surface area (Å²) < 4.78 is 10.6. The number of ether oxygens (including phenoxy) is 2. The first-order chi connectivity index (χ1) is 15.0. The molecule has 3 aromatic rings. The number of thiophene rings is 1. The minimum atomic E-state index is -0.610. The normalized spacial score (nSPS) is 20.1. The molecule has 4 N–H and O–H groups in total. The number of methoxy groups -OCH3 is 2. The summed E-state index contributed by atoms with van der Waals surface area (Å²) in [5, 5.41) is 21.1. The van der Waals surface area contributed by atoms with Crippen LogP contribution in [0.15, 0.2) is 45.7 Å². The molecule has 3 heterocycles. The first-order valence-electron chi connectivity index (χ1n) is 9.83. The third-order valence-electron chi connectivity index (χ3n) is 5.96. The standard InChI is InChI=1S/C22H21N3O5S/c1-29-14-8-11(9-15(30-2)20(14)27)17-18-12(23-21-19(17)22(28)25-24-21)6-10(7-13(18)26)16-4-3-5-31-16/h3-5,8-10,17,27H,6-7H2,1-2H3,(H3,23,24,25,28). The van der Waals surface area contributed by atoms with Gasteiger partial charge in [0.2, 0.25) is 5.75 Å². The Kier molecular flexibility index (Phi) is 4.62. The van der Waals surface area contributed by atoms with Crippen LogP contribution >= 0.6 is 11.3 Å². The molecule has 0 amide bonds. The molecule has 1 aliphatic heterocycles. The summed E-state index contributed by atoms with van der Waals surface area (Å²) in [4.78, 5) is 27.3. The second-order valence-electron chi connectivity index (χ2n) is 7.64. The van der Waals surface area contributed by atoms with Gasteiger partial charge in [-0.15, -0.1) is 11.3 Å². The predicted molar refractivity (Wildman–Crippen MR) is 116 cm³/mol. The van der Waals surface area contributed by atoms with Crippen LogP contribution < -0.4 is 20.3 Å². The highest BCUT2D eigenvalue weighted by Gasteiger charge is 2.41. The number of nitrogens with one attached hydrogen (secondary N) is 3. The van der Waals surface area contributed by atoms with Gasteiger partial charge in [0.15, 0.2) is 17.3 Å². The Hall–Kier alpha value is -3.46. The van der Waals surface area contributed by atoms with Crippen LogP contribution in [0, 0.1) is 0 Å². The molecule has 5 rings (SSSR count). The zero-order chi connectivity index (χ0) is 21.7. The van der Waals surface area contributed by atoms with Crippen molar-refractivity contribution < 1.29 is 19.4 Å². The molecule has 2 unspecified atom stereocenters. The van der Waals surface area contributed by atoms with Crippen LogP contribution in [-0.2, 0) is 4.79 Å². The van der Waals surface area contributed by atoms with Gasteiger partial charge in [0, 0.05) is 34.4 Å². The number of ketones is 1. The molecule has 0 bridgehead atoms. The van der Waals surface area contributed by atoms with Crippen molar-refractivity contribution in [2.24, 2.45) is 0 Å². The summed E-state index contributed by atoms with van der Waals surface area (Å²) >= 11 is 1.64. The monoisotopic (exact) mass is 439 g/mol. The number of carbonyl (C=O) groups excluding carboxylic acids is 1. The minimum absolute atomic E-state index is 0.00518. The zero-order valence-corrected chi connectivity index (χ0v) is 17.8. The largest absolute Gasteiger partial charge is 0.502 e. The summed E-state index contributed by atoms with van der Waals surface area (Å²) in [5.74, 6) is 0.310. The maximum absolute atomic E-state index is 13.4. The van der Waals surface area contributed by atoms with Crippen molar-refractivity contribution >= 4 is 22.9 Å². The Balaban J connectivity index is 1.69. The predicted octanol–water partition coefficient (Wildman–Crippen LogP) is 3.45. The van der Waals surface area contributed by atoms with E-state index in [0.29, 0.717) is 35.4 Å². The van der Waals surface area contributed by atoms with E-state index in [1.807, 2.05) is 17.5 Å². The number of hydrogen-bond acceptors (Lipinski definition) is 7. The molecule has 2 atom stereocenters.